The number of hydrogen-bond acceptors (Lipinski definition) is 2. The Morgan fingerprint density at radius 3 is 2.81 bits per heavy atom. The van der Waals surface area contributed by atoms with Crippen LogP contribution in [0.15, 0.2) is 18.2 Å². The molecule has 0 fully saturated rings. The second kappa shape index (κ2) is 3.65. The minimum absolute atomic E-state index is 0.407. The molecule has 1 aromatic carbocycles. The van der Waals surface area contributed by atoms with Gasteiger partial charge in [0.25, 0.3) is 5.91 Å². The summed E-state index contributed by atoms with van der Waals surface area (Å²) in [7, 11) is 0. The third kappa shape index (κ3) is 1.39. The first-order chi connectivity index (χ1) is 7.56. The van der Waals surface area contributed by atoms with Gasteiger partial charge < -0.3 is 5.73 Å². The normalized spacial score (nSPS) is 10.3. The molecular weight excluding hydrogens is 270 g/mol. The molecule has 1 aromatic heterocycles. The molecule has 1 amide bonds. The fourth-order valence-corrected chi connectivity index (χ4v) is 2.50. The molecule has 80 valence electrons. The van der Waals surface area contributed by atoms with Gasteiger partial charge in [-0.25, -0.2) is 0 Å². The molecule has 2 rings (SSSR count). The highest BCUT2D eigenvalue weighted by molar-refractivity contribution is 9.08. The van der Waals surface area contributed by atoms with Crippen molar-refractivity contribution in [1.82, 2.24) is 3.59 Å². The van der Waals surface area contributed by atoms with Gasteiger partial charge >= 0.3 is 0 Å². The summed E-state index contributed by atoms with van der Waals surface area (Å²) in [6.45, 7) is 1.81. The molecule has 2 N–H and O–H groups in total. The van der Waals surface area contributed by atoms with Gasteiger partial charge in [0.15, 0.2) is 0 Å². The Labute approximate surface area is 101 Å². The number of aromatic nitrogens is 1. The van der Waals surface area contributed by atoms with Crippen molar-refractivity contribution in [2.75, 3.05) is 0 Å². The summed E-state index contributed by atoms with van der Waals surface area (Å²) in [5.74, 6) is -0.496. The zero-order chi connectivity index (χ0) is 11.9. The minimum atomic E-state index is -0.496. The number of carbonyl (C=O) groups is 1. The van der Waals surface area contributed by atoms with Crippen molar-refractivity contribution >= 4 is 33.0 Å². The van der Waals surface area contributed by atoms with Crippen LogP contribution < -0.4 is 5.73 Å². The zero-order valence-corrected chi connectivity index (χ0v) is 10.1. The molecule has 16 heavy (non-hydrogen) atoms. The number of halogens is 1. The minimum Gasteiger partial charge on any atom is -0.364 e. The van der Waals surface area contributed by atoms with Gasteiger partial charge in [-0.15, -0.1) is 0 Å². The summed E-state index contributed by atoms with van der Waals surface area (Å²) in [5.41, 5.74) is 7.86. The quantitative estimate of drug-likeness (QED) is 0.867. The fourth-order valence-electron chi connectivity index (χ4n) is 1.75. The number of rotatable bonds is 1. The summed E-state index contributed by atoms with van der Waals surface area (Å²) in [6, 6.07) is 7.29. The highest BCUT2D eigenvalue weighted by Gasteiger charge is 2.16. The monoisotopic (exact) mass is 277 g/mol. The molecule has 0 aliphatic carbocycles. The lowest BCUT2D eigenvalue weighted by molar-refractivity contribution is 0.0995. The summed E-state index contributed by atoms with van der Waals surface area (Å²) in [5, 5.41) is 9.66. The van der Waals surface area contributed by atoms with E-state index in [0.717, 1.165) is 16.5 Å². The molecule has 0 aliphatic rings. The van der Waals surface area contributed by atoms with Crippen LogP contribution in [-0.4, -0.2) is 9.50 Å². The first-order valence-corrected chi connectivity index (χ1v) is 5.28. The molecule has 1 heterocycles. The number of amides is 1. The highest BCUT2D eigenvalue weighted by Crippen LogP contribution is 2.27. The largest absolute Gasteiger partial charge is 0.364 e. The number of nitrogens with two attached hydrogens (primary N) is 1. The Hall–Kier alpha value is -1.80. The number of benzene rings is 1. The van der Waals surface area contributed by atoms with Crippen LogP contribution in [0.3, 0.4) is 0 Å². The smallest absolute Gasteiger partial charge is 0.266 e. The molecular formula is C11H8BrN3O. The fraction of sp³-hybridized carbons (Fsp3) is 0.0909. The Morgan fingerprint density at radius 2 is 2.25 bits per heavy atom. The molecule has 4 nitrogen and oxygen atoms in total. The van der Waals surface area contributed by atoms with Crippen molar-refractivity contribution in [2.45, 2.75) is 6.92 Å². The lowest BCUT2D eigenvalue weighted by Crippen LogP contribution is -2.14. The maximum Gasteiger partial charge on any atom is 0.266 e. The lowest BCUT2D eigenvalue weighted by Gasteiger charge is -1.97. The number of fused-ring (bicyclic) bond motifs is 1. The Kier molecular flexibility index (Phi) is 2.44. The van der Waals surface area contributed by atoms with Crippen molar-refractivity contribution < 1.29 is 4.79 Å². The van der Waals surface area contributed by atoms with Gasteiger partial charge in [0.05, 0.1) is 33.3 Å². The maximum atomic E-state index is 11.3. The first-order valence-electron chi connectivity index (χ1n) is 4.57. The second-order valence-corrected chi connectivity index (χ2v) is 4.17. The van der Waals surface area contributed by atoms with Crippen LogP contribution in [0.25, 0.3) is 10.9 Å². The number of hydrogen-bond donors (Lipinski definition) is 1. The van der Waals surface area contributed by atoms with Crippen molar-refractivity contribution in [3.63, 3.8) is 0 Å². The number of primary amides is 1. The van der Waals surface area contributed by atoms with E-state index in [1.807, 2.05) is 0 Å². The van der Waals surface area contributed by atoms with Gasteiger partial charge in [-0.2, -0.15) is 5.26 Å². The van der Waals surface area contributed by atoms with Crippen LogP contribution in [0.4, 0.5) is 0 Å². The lowest BCUT2D eigenvalue weighted by atomic mass is 10.1. The van der Waals surface area contributed by atoms with Gasteiger partial charge in [0, 0.05) is 5.39 Å². The highest BCUT2D eigenvalue weighted by atomic mass is 79.9. The summed E-state index contributed by atoms with van der Waals surface area (Å²) in [4.78, 5) is 11.3. The van der Waals surface area contributed by atoms with Crippen LogP contribution in [0.5, 0.6) is 0 Å². The molecule has 0 bridgehead atoms. The number of aryl methyl sites for hydroxylation is 1. The van der Waals surface area contributed by atoms with E-state index >= 15 is 0 Å². The summed E-state index contributed by atoms with van der Waals surface area (Å²) < 4.78 is 1.57. The van der Waals surface area contributed by atoms with E-state index in [9.17, 15) is 4.79 Å². The molecule has 0 aliphatic heterocycles. The topological polar surface area (TPSA) is 71.8 Å². The predicted molar refractivity (Wildman–Crippen MR) is 64.2 cm³/mol. The van der Waals surface area contributed by atoms with Crippen LogP contribution in [0, 0.1) is 18.3 Å². The Bertz CT molecular complexity index is 637. The van der Waals surface area contributed by atoms with E-state index in [4.69, 9.17) is 11.0 Å². The number of nitrogens with zero attached hydrogens (tertiary/aromatic N) is 2. The van der Waals surface area contributed by atoms with Gasteiger partial charge in [-0.05, 0) is 30.7 Å². The average molecular weight is 278 g/mol. The molecule has 0 atom stereocenters. The van der Waals surface area contributed by atoms with Gasteiger partial charge in [-0.1, -0.05) is 0 Å². The van der Waals surface area contributed by atoms with E-state index in [2.05, 4.69) is 22.2 Å². The van der Waals surface area contributed by atoms with Crippen LogP contribution in [0.1, 0.15) is 21.6 Å². The molecule has 5 heteroatoms. The molecule has 0 unspecified atom stereocenters. The number of carbonyl (C=O) groups excluding carboxylic acids is 1. The van der Waals surface area contributed by atoms with Crippen molar-refractivity contribution in [3.8, 4) is 6.07 Å². The summed E-state index contributed by atoms with van der Waals surface area (Å²) in [6.07, 6.45) is 0. The van der Waals surface area contributed by atoms with Crippen molar-refractivity contribution in [3.05, 3.63) is 35.0 Å². The second-order valence-electron chi connectivity index (χ2n) is 3.46. The zero-order valence-electron chi connectivity index (χ0n) is 8.49. The van der Waals surface area contributed by atoms with E-state index in [0.29, 0.717) is 11.3 Å². The predicted octanol–water partition coefficient (Wildman–Crippen LogP) is 2.08. The molecule has 2 aromatic rings. The molecule has 0 saturated heterocycles. The first kappa shape index (κ1) is 10.7. The Morgan fingerprint density at radius 1 is 1.56 bits per heavy atom. The van der Waals surface area contributed by atoms with E-state index in [1.165, 1.54) is 0 Å². The summed E-state index contributed by atoms with van der Waals surface area (Å²) >= 11 is 3.28. The average Bonchev–Trinajstić information content (AvgIpc) is 2.51. The molecule has 0 radical (unpaired) electrons. The van der Waals surface area contributed by atoms with Crippen molar-refractivity contribution in [1.29, 1.82) is 5.26 Å². The van der Waals surface area contributed by atoms with Crippen molar-refractivity contribution in [2.24, 2.45) is 5.73 Å². The standard InChI is InChI=1S/C11H8BrN3O/c1-6-8-4-7(5-13)2-3-9(8)15(12)10(6)11(14)16/h2-4H,1H3,(H2,14,16). The van der Waals surface area contributed by atoms with Crippen LogP contribution >= 0.6 is 16.1 Å². The third-order valence-electron chi connectivity index (χ3n) is 2.53. The molecule has 0 saturated carbocycles. The van der Waals surface area contributed by atoms with E-state index in [-0.39, 0.29) is 0 Å². The van der Waals surface area contributed by atoms with Crippen LogP contribution in [0.2, 0.25) is 0 Å². The van der Waals surface area contributed by atoms with Crippen LogP contribution in [-0.2, 0) is 0 Å². The van der Waals surface area contributed by atoms with Gasteiger partial charge in [0.1, 0.15) is 5.69 Å². The van der Waals surface area contributed by atoms with E-state index < -0.39 is 5.91 Å². The van der Waals surface area contributed by atoms with Gasteiger partial charge in [-0.3, -0.25) is 8.39 Å². The van der Waals surface area contributed by atoms with E-state index in [1.54, 1.807) is 28.7 Å². The Balaban J connectivity index is 2.89. The third-order valence-corrected chi connectivity index (χ3v) is 3.26. The molecule has 0 spiro atoms. The SMILES string of the molecule is Cc1c(C(N)=O)n(Br)c2ccc(C#N)cc12. The van der Waals surface area contributed by atoms with Gasteiger partial charge in [0.2, 0.25) is 0 Å². The maximum absolute atomic E-state index is 11.3. The number of nitriles is 1.